The van der Waals surface area contributed by atoms with Gasteiger partial charge in [-0.15, -0.1) is 12.4 Å². The van der Waals surface area contributed by atoms with Crippen molar-refractivity contribution in [3.8, 4) is 5.75 Å². The third kappa shape index (κ3) is 3.64. The van der Waals surface area contributed by atoms with Crippen LogP contribution >= 0.6 is 12.4 Å². The van der Waals surface area contributed by atoms with Crippen molar-refractivity contribution < 1.29 is 18.3 Å². The Labute approximate surface area is 157 Å². The number of hydrazine groups is 1. The molecular weight excluding hydrogens is 366 g/mol. The molecule has 4 rings (SSSR count). The summed E-state index contributed by atoms with van der Waals surface area (Å²) in [6.07, 6.45) is 2.55. The van der Waals surface area contributed by atoms with Crippen LogP contribution in [0.3, 0.4) is 0 Å². The van der Waals surface area contributed by atoms with Crippen LogP contribution in [0.15, 0.2) is 18.2 Å². The molecule has 1 amide bonds. The zero-order valence-corrected chi connectivity index (χ0v) is 15.0. The van der Waals surface area contributed by atoms with Crippen molar-refractivity contribution in [2.75, 3.05) is 24.5 Å². The topological polar surface area (TPSA) is 65.6 Å². The maximum atomic E-state index is 13.1. The minimum Gasteiger partial charge on any atom is -0.435 e. The molecule has 9 heteroatoms. The minimum atomic E-state index is -2.84. The van der Waals surface area contributed by atoms with Crippen LogP contribution in [-0.4, -0.2) is 44.2 Å². The molecule has 0 bridgehead atoms. The average molecular weight is 389 g/mol. The number of nitrogens with one attached hydrogen (secondary N) is 3. The van der Waals surface area contributed by atoms with Gasteiger partial charge >= 0.3 is 6.61 Å². The quantitative estimate of drug-likeness (QED) is 0.731. The fourth-order valence-corrected chi connectivity index (χ4v) is 4.11. The summed E-state index contributed by atoms with van der Waals surface area (Å²) >= 11 is 0. The number of amides is 1. The number of hydrogen-bond donors (Lipinski definition) is 3. The van der Waals surface area contributed by atoms with E-state index < -0.39 is 6.61 Å². The Hall–Kier alpha value is -1.48. The van der Waals surface area contributed by atoms with Crippen molar-refractivity contribution in [1.82, 2.24) is 16.2 Å². The Kier molecular flexibility index (Phi) is 5.96. The second-order valence-electron chi connectivity index (χ2n) is 6.79. The Bertz CT molecular complexity index is 664. The fourth-order valence-electron chi connectivity index (χ4n) is 4.11. The van der Waals surface area contributed by atoms with E-state index in [0.29, 0.717) is 12.6 Å². The fraction of sp³-hybridized carbons (Fsp3) is 0.588. The third-order valence-corrected chi connectivity index (χ3v) is 5.31. The van der Waals surface area contributed by atoms with Gasteiger partial charge in [0.15, 0.2) is 0 Å². The van der Waals surface area contributed by atoms with Gasteiger partial charge in [0, 0.05) is 30.7 Å². The van der Waals surface area contributed by atoms with Crippen LogP contribution in [0.25, 0.3) is 0 Å². The Morgan fingerprint density at radius 2 is 2.15 bits per heavy atom. The van der Waals surface area contributed by atoms with Crippen LogP contribution in [0.1, 0.15) is 18.4 Å². The van der Waals surface area contributed by atoms with E-state index in [2.05, 4.69) is 20.9 Å². The summed E-state index contributed by atoms with van der Waals surface area (Å²) in [5, 5.41) is 3.35. The first kappa shape index (κ1) is 19.3. The van der Waals surface area contributed by atoms with Crippen LogP contribution in [0.4, 0.5) is 14.5 Å². The lowest BCUT2D eigenvalue weighted by Gasteiger charge is -2.34. The molecule has 0 spiro atoms. The van der Waals surface area contributed by atoms with Gasteiger partial charge in [0.2, 0.25) is 5.91 Å². The van der Waals surface area contributed by atoms with E-state index >= 15 is 0 Å². The van der Waals surface area contributed by atoms with Crippen LogP contribution < -0.4 is 25.8 Å². The van der Waals surface area contributed by atoms with Crippen molar-refractivity contribution in [1.29, 1.82) is 0 Å². The number of rotatable bonds is 3. The molecular formula is C17H23ClF2N4O2. The number of hydrogen-bond acceptors (Lipinski definition) is 5. The van der Waals surface area contributed by atoms with Gasteiger partial charge in [-0.25, -0.2) is 5.43 Å². The maximum absolute atomic E-state index is 13.1. The van der Waals surface area contributed by atoms with Gasteiger partial charge in [0.05, 0.1) is 0 Å². The lowest BCUT2D eigenvalue weighted by Crippen LogP contribution is -2.51. The molecule has 3 unspecified atom stereocenters. The van der Waals surface area contributed by atoms with Gasteiger partial charge in [0.1, 0.15) is 11.8 Å². The molecule has 3 aliphatic rings. The summed E-state index contributed by atoms with van der Waals surface area (Å²) in [4.78, 5) is 14.9. The normalized spacial score (nSPS) is 27.5. The van der Waals surface area contributed by atoms with Gasteiger partial charge in [-0.05, 0) is 49.6 Å². The van der Waals surface area contributed by atoms with Gasteiger partial charge in [-0.1, -0.05) is 0 Å². The summed E-state index contributed by atoms with van der Waals surface area (Å²) in [6.45, 7) is -0.438. The third-order valence-electron chi connectivity index (χ3n) is 5.31. The Morgan fingerprint density at radius 1 is 1.31 bits per heavy atom. The zero-order chi connectivity index (χ0) is 17.4. The van der Waals surface area contributed by atoms with E-state index in [9.17, 15) is 13.6 Å². The first-order chi connectivity index (χ1) is 12.1. The molecule has 3 atom stereocenters. The molecule has 1 aromatic carbocycles. The van der Waals surface area contributed by atoms with Crippen molar-refractivity contribution in [2.24, 2.45) is 5.92 Å². The second-order valence-corrected chi connectivity index (χ2v) is 6.79. The molecule has 26 heavy (non-hydrogen) atoms. The van der Waals surface area contributed by atoms with Gasteiger partial charge < -0.3 is 15.0 Å². The van der Waals surface area contributed by atoms with E-state index in [0.717, 1.165) is 43.6 Å². The molecule has 1 aromatic rings. The van der Waals surface area contributed by atoms with Crippen LogP contribution in [0, 0.1) is 5.92 Å². The minimum absolute atomic E-state index is 0. The molecule has 144 valence electrons. The predicted octanol–water partition coefficient (Wildman–Crippen LogP) is 1.44. The summed E-state index contributed by atoms with van der Waals surface area (Å²) in [6, 6.07) is 4.86. The van der Waals surface area contributed by atoms with Crippen LogP contribution in [-0.2, 0) is 11.2 Å². The molecule has 2 fully saturated rings. The van der Waals surface area contributed by atoms with Crippen molar-refractivity contribution in [3.05, 3.63) is 23.8 Å². The number of piperidine rings is 1. The highest BCUT2D eigenvalue weighted by Crippen LogP contribution is 2.33. The van der Waals surface area contributed by atoms with Crippen LogP contribution in [0.2, 0.25) is 0 Å². The number of ether oxygens (including phenoxy) is 1. The van der Waals surface area contributed by atoms with E-state index in [1.54, 1.807) is 17.0 Å². The number of alkyl halides is 2. The lowest BCUT2D eigenvalue weighted by molar-refractivity contribution is -0.121. The number of benzene rings is 1. The van der Waals surface area contributed by atoms with Crippen molar-refractivity contribution in [2.45, 2.75) is 38.0 Å². The highest BCUT2D eigenvalue weighted by atomic mass is 35.5. The number of anilines is 1. The van der Waals surface area contributed by atoms with Gasteiger partial charge in [0.25, 0.3) is 0 Å². The van der Waals surface area contributed by atoms with Crippen LogP contribution in [0.5, 0.6) is 5.75 Å². The highest BCUT2D eigenvalue weighted by molar-refractivity contribution is 5.98. The molecule has 2 saturated heterocycles. The number of fused-ring (bicyclic) bond motifs is 2. The number of carbonyl (C=O) groups is 1. The maximum Gasteiger partial charge on any atom is 0.387 e. The summed E-state index contributed by atoms with van der Waals surface area (Å²) in [7, 11) is 0. The predicted molar refractivity (Wildman–Crippen MR) is 95.8 cm³/mol. The van der Waals surface area contributed by atoms with E-state index in [1.807, 2.05) is 0 Å². The van der Waals surface area contributed by atoms with Gasteiger partial charge in [-0.3, -0.25) is 10.2 Å². The average Bonchev–Trinajstić information content (AvgIpc) is 3.04. The van der Waals surface area contributed by atoms with E-state index in [-0.39, 0.29) is 36.0 Å². The first-order valence-electron chi connectivity index (χ1n) is 8.74. The molecule has 0 aliphatic carbocycles. The monoisotopic (exact) mass is 388 g/mol. The van der Waals surface area contributed by atoms with E-state index in [1.165, 1.54) is 6.07 Å². The van der Waals surface area contributed by atoms with Gasteiger partial charge in [-0.2, -0.15) is 8.78 Å². The first-order valence-corrected chi connectivity index (χ1v) is 8.74. The SMILES string of the molecule is Cl.O=C(C1NNC2CCNCC21)N1CCCc2cc(OC(F)F)ccc21. The summed E-state index contributed by atoms with van der Waals surface area (Å²) in [5.74, 6) is 0.389. The Balaban J connectivity index is 0.00000196. The molecule has 6 nitrogen and oxygen atoms in total. The largest absolute Gasteiger partial charge is 0.435 e. The second kappa shape index (κ2) is 8.04. The highest BCUT2D eigenvalue weighted by Gasteiger charge is 2.43. The van der Waals surface area contributed by atoms with E-state index in [4.69, 9.17) is 0 Å². The number of aryl methyl sites for hydroxylation is 1. The zero-order valence-electron chi connectivity index (χ0n) is 14.2. The molecule has 3 N–H and O–H groups in total. The summed E-state index contributed by atoms with van der Waals surface area (Å²) < 4.78 is 29.3. The molecule has 0 saturated carbocycles. The standard InChI is InChI=1S/C17H22F2N4O2.ClH/c18-17(19)25-11-3-4-14-10(8-11)2-1-7-23(14)16(24)15-12-9-20-6-5-13(12)21-22-15;/h3-4,8,12-13,15,17,20-22H,1-2,5-7,9H2;1H. The molecule has 3 heterocycles. The molecule has 3 aliphatic heterocycles. The lowest BCUT2D eigenvalue weighted by atomic mass is 9.88. The number of carbonyl (C=O) groups excluding carboxylic acids is 1. The molecule has 0 aromatic heterocycles. The van der Waals surface area contributed by atoms with Crippen molar-refractivity contribution in [3.63, 3.8) is 0 Å². The molecule has 0 radical (unpaired) electrons. The van der Waals surface area contributed by atoms with Crippen molar-refractivity contribution >= 4 is 24.0 Å². The number of halogens is 3. The Morgan fingerprint density at radius 3 is 2.96 bits per heavy atom. The summed E-state index contributed by atoms with van der Waals surface area (Å²) in [5.41, 5.74) is 8.08. The number of nitrogens with zero attached hydrogens (tertiary/aromatic N) is 1. The smallest absolute Gasteiger partial charge is 0.387 e.